The number of fused-ring (bicyclic) bond motifs is 2. The van der Waals surface area contributed by atoms with E-state index in [0.29, 0.717) is 24.1 Å². The van der Waals surface area contributed by atoms with Gasteiger partial charge in [0.15, 0.2) is 5.65 Å². The number of aromatic hydroxyl groups is 1. The first kappa shape index (κ1) is 25.7. The highest BCUT2D eigenvalue weighted by Crippen LogP contribution is 2.35. The fraction of sp³-hybridized carbons (Fsp3) is 0.207. The molecule has 198 valence electrons. The number of rotatable bonds is 8. The molecule has 39 heavy (non-hydrogen) atoms. The maximum Gasteiger partial charge on any atom is 0.338 e. The Kier molecular flexibility index (Phi) is 7.09. The molecule has 0 radical (unpaired) electrons. The van der Waals surface area contributed by atoms with E-state index in [1.165, 1.54) is 22.9 Å². The van der Waals surface area contributed by atoms with Crippen LogP contribution < -0.4 is 10.6 Å². The third-order valence-electron chi connectivity index (χ3n) is 6.76. The summed E-state index contributed by atoms with van der Waals surface area (Å²) < 4.78 is 6.59. The molecule has 0 aliphatic heterocycles. The molecule has 5 rings (SSSR count). The van der Waals surface area contributed by atoms with Gasteiger partial charge < -0.3 is 20.5 Å². The van der Waals surface area contributed by atoms with Gasteiger partial charge in [-0.1, -0.05) is 30.9 Å². The lowest BCUT2D eigenvalue weighted by Crippen LogP contribution is -2.30. The second kappa shape index (κ2) is 10.8. The Morgan fingerprint density at radius 2 is 1.95 bits per heavy atom. The number of nitrogens with one attached hydrogen (secondary N) is 2. The summed E-state index contributed by atoms with van der Waals surface area (Å²) in [4.78, 5) is 43.1. The molecule has 1 aliphatic rings. The smallest absolute Gasteiger partial charge is 0.338 e. The first-order valence-electron chi connectivity index (χ1n) is 12.5. The quantitative estimate of drug-likeness (QED) is 0.237. The minimum atomic E-state index is -0.446. The van der Waals surface area contributed by atoms with Crippen LogP contribution >= 0.6 is 0 Å². The number of carbonyl (C=O) groups excluding carboxylic acids is 3. The van der Waals surface area contributed by atoms with Gasteiger partial charge in [0, 0.05) is 18.7 Å². The Labute approximate surface area is 224 Å². The maximum absolute atomic E-state index is 13.4. The molecule has 0 saturated heterocycles. The Morgan fingerprint density at radius 3 is 2.72 bits per heavy atom. The van der Waals surface area contributed by atoms with E-state index < -0.39 is 17.8 Å². The molecule has 0 spiro atoms. The molecular formula is C29H27N5O5. The number of hydrogen-bond acceptors (Lipinski definition) is 7. The second-order valence-corrected chi connectivity index (χ2v) is 9.23. The largest absolute Gasteiger partial charge is 0.508 e. The summed E-state index contributed by atoms with van der Waals surface area (Å²) in [6.07, 6.45) is 4.40. The van der Waals surface area contributed by atoms with Crippen molar-refractivity contribution in [3.63, 3.8) is 0 Å². The summed E-state index contributed by atoms with van der Waals surface area (Å²) >= 11 is 0. The van der Waals surface area contributed by atoms with Gasteiger partial charge in [0.25, 0.3) is 11.8 Å². The lowest BCUT2D eigenvalue weighted by atomic mass is 9.98. The lowest BCUT2D eigenvalue weighted by molar-refractivity contribution is 0.0548. The number of nitrogens with zero attached hydrogens (tertiary/aromatic N) is 3. The third kappa shape index (κ3) is 5.22. The van der Waals surface area contributed by atoms with Crippen LogP contribution in [-0.2, 0) is 17.7 Å². The highest BCUT2D eigenvalue weighted by Gasteiger charge is 2.29. The summed E-state index contributed by atoms with van der Waals surface area (Å²) in [5.74, 6) is -1.11. The molecule has 2 aromatic carbocycles. The molecule has 2 aromatic heterocycles. The number of phenols is 1. The molecule has 4 aromatic rings. The number of carbonyl (C=O) groups is 3. The van der Waals surface area contributed by atoms with Gasteiger partial charge in [0.05, 0.1) is 17.8 Å². The van der Waals surface area contributed by atoms with Gasteiger partial charge in [-0.25, -0.2) is 14.3 Å². The molecule has 10 heteroatoms. The molecule has 2 amide bonds. The topological polar surface area (TPSA) is 135 Å². The van der Waals surface area contributed by atoms with Crippen LogP contribution in [0.15, 0.2) is 67.4 Å². The maximum atomic E-state index is 13.4. The first-order valence-corrected chi connectivity index (χ1v) is 12.5. The van der Waals surface area contributed by atoms with Crippen molar-refractivity contribution in [1.29, 1.82) is 0 Å². The molecule has 0 fully saturated rings. The predicted molar refractivity (Wildman–Crippen MR) is 142 cm³/mol. The van der Waals surface area contributed by atoms with Gasteiger partial charge in [-0.15, -0.1) is 0 Å². The summed E-state index contributed by atoms with van der Waals surface area (Å²) in [5.41, 5.74) is 4.72. The Hall–Kier alpha value is -4.99. The van der Waals surface area contributed by atoms with Crippen LogP contribution in [0.3, 0.4) is 0 Å². The van der Waals surface area contributed by atoms with E-state index in [0.717, 1.165) is 22.3 Å². The van der Waals surface area contributed by atoms with Crippen LogP contribution in [-0.4, -0.2) is 44.1 Å². The standard InChI is InChI=1S/C29H27N5O5/c1-3-14-39-29(38)21-8-9-22-20(17(21)2)10-11-23(22)33-28(37)25-15-24(32-26-12-13-31-34(25)26)27(36)30-16-18-4-6-19(35)7-5-18/h3-9,12-13,15,23,35H,1,10-11,14,16H2,2H3,(H,30,36)(H,33,37)/t23-/m0/s1. The van der Waals surface area contributed by atoms with Gasteiger partial charge in [-0.2, -0.15) is 5.10 Å². The van der Waals surface area contributed by atoms with Crippen LogP contribution in [0.5, 0.6) is 5.75 Å². The van der Waals surface area contributed by atoms with Crippen molar-refractivity contribution in [2.24, 2.45) is 0 Å². The molecule has 0 saturated carbocycles. The molecule has 0 bridgehead atoms. The zero-order valence-electron chi connectivity index (χ0n) is 21.3. The zero-order valence-corrected chi connectivity index (χ0v) is 21.3. The molecule has 3 N–H and O–H groups in total. The van der Waals surface area contributed by atoms with Crippen LogP contribution in [0.4, 0.5) is 0 Å². The number of benzene rings is 2. The fourth-order valence-electron chi connectivity index (χ4n) is 4.77. The van der Waals surface area contributed by atoms with E-state index in [2.05, 4.69) is 27.3 Å². The van der Waals surface area contributed by atoms with Crippen molar-refractivity contribution in [1.82, 2.24) is 25.2 Å². The number of esters is 1. The number of phenolic OH excluding ortho intramolecular Hbond substituents is 1. The van der Waals surface area contributed by atoms with Crippen LogP contribution in [0.2, 0.25) is 0 Å². The molecule has 1 atom stereocenters. The van der Waals surface area contributed by atoms with Gasteiger partial charge in [0.1, 0.15) is 23.7 Å². The van der Waals surface area contributed by atoms with E-state index in [4.69, 9.17) is 4.74 Å². The summed E-state index contributed by atoms with van der Waals surface area (Å²) in [6, 6.07) is 12.8. The van der Waals surface area contributed by atoms with E-state index in [1.54, 1.807) is 36.4 Å². The van der Waals surface area contributed by atoms with Crippen LogP contribution in [0, 0.1) is 6.92 Å². The Morgan fingerprint density at radius 1 is 1.15 bits per heavy atom. The molecule has 10 nitrogen and oxygen atoms in total. The number of ether oxygens (including phenoxy) is 1. The Bertz CT molecular complexity index is 1590. The number of hydrogen-bond donors (Lipinski definition) is 3. The van der Waals surface area contributed by atoms with Crippen molar-refractivity contribution in [3.05, 3.63) is 107 Å². The van der Waals surface area contributed by atoms with Gasteiger partial charge in [-0.3, -0.25) is 9.59 Å². The average Bonchev–Trinajstić information content (AvgIpc) is 3.58. The number of aromatic nitrogens is 3. The summed E-state index contributed by atoms with van der Waals surface area (Å²) in [5, 5.41) is 19.5. The molecule has 0 unspecified atom stereocenters. The van der Waals surface area contributed by atoms with Gasteiger partial charge >= 0.3 is 5.97 Å². The van der Waals surface area contributed by atoms with E-state index in [1.807, 2.05) is 13.0 Å². The van der Waals surface area contributed by atoms with E-state index in [-0.39, 0.29) is 36.3 Å². The minimum Gasteiger partial charge on any atom is -0.508 e. The van der Waals surface area contributed by atoms with Gasteiger partial charge in [-0.05, 0) is 60.2 Å². The zero-order chi connectivity index (χ0) is 27.5. The second-order valence-electron chi connectivity index (χ2n) is 9.23. The minimum absolute atomic E-state index is 0.0808. The number of amides is 2. The highest BCUT2D eigenvalue weighted by molar-refractivity contribution is 5.98. The van der Waals surface area contributed by atoms with Crippen molar-refractivity contribution in [2.45, 2.75) is 32.4 Å². The monoisotopic (exact) mass is 525 g/mol. The van der Waals surface area contributed by atoms with Crippen molar-refractivity contribution < 1.29 is 24.2 Å². The van der Waals surface area contributed by atoms with Crippen LogP contribution in [0.1, 0.15) is 66.1 Å². The van der Waals surface area contributed by atoms with Crippen molar-refractivity contribution >= 4 is 23.4 Å². The molecular weight excluding hydrogens is 498 g/mol. The van der Waals surface area contributed by atoms with Gasteiger partial charge in [0.2, 0.25) is 0 Å². The Balaban J connectivity index is 1.35. The van der Waals surface area contributed by atoms with E-state index >= 15 is 0 Å². The summed E-state index contributed by atoms with van der Waals surface area (Å²) in [6.45, 7) is 5.82. The highest BCUT2D eigenvalue weighted by atomic mass is 16.5. The fourth-order valence-corrected chi connectivity index (χ4v) is 4.77. The lowest BCUT2D eigenvalue weighted by Gasteiger charge is -2.16. The summed E-state index contributed by atoms with van der Waals surface area (Å²) in [7, 11) is 0. The molecule has 1 aliphatic carbocycles. The average molecular weight is 526 g/mol. The predicted octanol–water partition coefficient (Wildman–Crippen LogP) is 3.43. The van der Waals surface area contributed by atoms with Crippen molar-refractivity contribution in [3.8, 4) is 5.75 Å². The normalized spacial score (nSPS) is 14.0. The SMILES string of the molecule is C=CCOC(=O)c1ccc2c(c1C)CC[C@@H]2NC(=O)c1cc(C(=O)NCc2ccc(O)cc2)nc2ccnn12. The third-order valence-corrected chi connectivity index (χ3v) is 6.76. The van der Waals surface area contributed by atoms with Crippen LogP contribution in [0.25, 0.3) is 5.65 Å². The first-order chi connectivity index (χ1) is 18.9. The molecule has 2 heterocycles. The van der Waals surface area contributed by atoms with E-state index in [9.17, 15) is 19.5 Å². The van der Waals surface area contributed by atoms with Crippen molar-refractivity contribution in [2.75, 3.05) is 6.61 Å².